The molecule has 1 heterocycles. The molecule has 1 rings (SSSR count). The molecule has 0 amide bonds. The highest BCUT2D eigenvalue weighted by Gasteiger charge is 2.10. The van der Waals surface area contributed by atoms with Gasteiger partial charge in [-0.2, -0.15) is 0 Å². The first kappa shape index (κ1) is 7.98. The average Bonchev–Trinajstić information content (AvgIpc) is 2.03. The van der Waals surface area contributed by atoms with Crippen molar-refractivity contribution in [2.45, 2.75) is 12.8 Å². The molecule has 0 aromatic carbocycles. The summed E-state index contributed by atoms with van der Waals surface area (Å²) in [6.45, 7) is 3.39. The molecule has 3 N–H and O–H groups in total. The van der Waals surface area contributed by atoms with Crippen LogP contribution in [0.15, 0.2) is 0 Å². The lowest BCUT2D eigenvalue weighted by Crippen LogP contribution is -2.43. The second-order valence-electron chi connectivity index (χ2n) is 2.85. The van der Waals surface area contributed by atoms with E-state index in [1.54, 1.807) is 0 Å². The fourth-order valence-electron chi connectivity index (χ4n) is 1.28. The van der Waals surface area contributed by atoms with Crippen molar-refractivity contribution in [1.82, 2.24) is 16.2 Å². The molecular formula is C7H17N3. The summed E-state index contributed by atoms with van der Waals surface area (Å²) in [6.07, 6.45) is 2.61. The van der Waals surface area contributed by atoms with Crippen molar-refractivity contribution in [3.05, 3.63) is 0 Å². The molecule has 0 aromatic rings. The minimum atomic E-state index is 0.869. The van der Waals surface area contributed by atoms with E-state index in [1.807, 2.05) is 7.05 Å². The van der Waals surface area contributed by atoms with E-state index in [0.29, 0.717) is 0 Å². The Hall–Kier alpha value is -0.120. The van der Waals surface area contributed by atoms with Gasteiger partial charge in [-0.3, -0.25) is 10.9 Å². The molecule has 3 heteroatoms. The Balaban J connectivity index is 2.02. The lowest BCUT2D eigenvalue weighted by Gasteiger charge is -2.23. The molecule has 0 radical (unpaired) electrons. The number of hydrogen-bond acceptors (Lipinski definition) is 3. The number of hydrazine groups is 1. The Morgan fingerprint density at radius 2 is 2.40 bits per heavy atom. The highest BCUT2D eigenvalue weighted by Crippen LogP contribution is 2.07. The SMILES string of the molecule is CNCCC1CCNNC1. The standard InChI is InChI=1S/C7H17N3/c1-8-4-2-7-3-5-9-10-6-7/h7-10H,2-6H2,1H3. The third-order valence-corrected chi connectivity index (χ3v) is 2.00. The van der Waals surface area contributed by atoms with Gasteiger partial charge in [-0.15, -0.1) is 0 Å². The summed E-state index contributed by atoms with van der Waals surface area (Å²) in [5.74, 6) is 0.869. The van der Waals surface area contributed by atoms with Crippen LogP contribution >= 0.6 is 0 Å². The number of hydrogen-bond donors (Lipinski definition) is 3. The van der Waals surface area contributed by atoms with Gasteiger partial charge >= 0.3 is 0 Å². The molecule has 10 heavy (non-hydrogen) atoms. The summed E-state index contributed by atoms with van der Waals surface area (Å²) >= 11 is 0. The lowest BCUT2D eigenvalue weighted by molar-refractivity contribution is 0.319. The summed E-state index contributed by atoms with van der Waals surface area (Å²) in [5, 5.41) is 3.17. The van der Waals surface area contributed by atoms with Crippen molar-refractivity contribution < 1.29 is 0 Å². The van der Waals surface area contributed by atoms with E-state index in [1.165, 1.54) is 12.8 Å². The Bertz CT molecular complexity index is 78.9. The first-order valence-electron chi connectivity index (χ1n) is 4.04. The molecule has 0 bridgehead atoms. The molecule has 1 unspecified atom stereocenters. The summed E-state index contributed by atoms with van der Waals surface area (Å²) in [5.41, 5.74) is 6.29. The first-order valence-corrected chi connectivity index (χ1v) is 4.04. The van der Waals surface area contributed by atoms with E-state index in [2.05, 4.69) is 16.2 Å². The Kier molecular flexibility index (Phi) is 3.72. The molecule has 1 fully saturated rings. The van der Waals surface area contributed by atoms with Crippen LogP contribution in [0.5, 0.6) is 0 Å². The van der Waals surface area contributed by atoms with E-state index in [4.69, 9.17) is 0 Å². The van der Waals surface area contributed by atoms with Gasteiger partial charge in [0.1, 0.15) is 0 Å². The van der Waals surface area contributed by atoms with Crippen molar-refractivity contribution >= 4 is 0 Å². The van der Waals surface area contributed by atoms with Crippen LogP contribution < -0.4 is 16.2 Å². The van der Waals surface area contributed by atoms with Crippen molar-refractivity contribution in [3.8, 4) is 0 Å². The summed E-state index contributed by atoms with van der Waals surface area (Å²) in [7, 11) is 2.01. The van der Waals surface area contributed by atoms with E-state index in [-0.39, 0.29) is 0 Å². The predicted molar refractivity (Wildman–Crippen MR) is 42.7 cm³/mol. The maximum Gasteiger partial charge on any atom is 0.0129 e. The molecule has 0 saturated carbocycles. The Morgan fingerprint density at radius 1 is 1.50 bits per heavy atom. The van der Waals surface area contributed by atoms with Gasteiger partial charge in [-0.1, -0.05) is 0 Å². The molecular weight excluding hydrogens is 126 g/mol. The zero-order chi connectivity index (χ0) is 7.23. The molecule has 60 valence electrons. The normalized spacial score (nSPS) is 26.7. The molecule has 0 aliphatic carbocycles. The zero-order valence-corrected chi connectivity index (χ0v) is 6.61. The smallest absolute Gasteiger partial charge is 0.0129 e. The van der Waals surface area contributed by atoms with Crippen LogP contribution in [-0.4, -0.2) is 26.7 Å². The van der Waals surface area contributed by atoms with Crippen LogP contribution in [0.4, 0.5) is 0 Å². The number of nitrogens with one attached hydrogen (secondary N) is 3. The average molecular weight is 143 g/mol. The second kappa shape index (κ2) is 4.66. The van der Waals surface area contributed by atoms with Gasteiger partial charge in [-0.05, 0) is 32.4 Å². The highest BCUT2D eigenvalue weighted by molar-refractivity contribution is 4.67. The van der Waals surface area contributed by atoms with Crippen molar-refractivity contribution in [1.29, 1.82) is 0 Å². The maximum absolute atomic E-state index is 3.17. The van der Waals surface area contributed by atoms with Gasteiger partial charge in [0.15, 0.2) is 0 Å². The topological polar surface area (TPSA) is 36.1 Å². The van der Waals surface area contributed by atoms with E-state index in [0.717, 1.165) is 25.6 Å². The van der Waals surface area contributed by atoms with Crippen LogP contribution in [0.3, 0.4) is 0 Å². The zero-order valence-electron chi connectivity index (χ0n) is 6.61. The Morgan fingerprint density at radius 3 is 3.00 bits per heavy atom. The third-order valence-electron chi connectivity index (χ3n) is 2.00. The van der Waals surface area contributed by atoms with Crippen molar-refractivity contribution in [2.75, 3.05) is 26.7 Å². The summed E-state index contributed by atoms with van der Waals surface area (Å²) in [4.78, 5) is 0. The maximum atomic E-state index is 3.17. The van der Waals surface area contributed by atoms with Crippen molar-refractivity contribution in [3.63, 3.8) is 0 Å². The molecule has 3 nitrogen and oxygen atoms in total. The second-order valence-corrected chi connectivity index (χ2v) is 2.85. The molecule has 1 aliphatic rings. The fraction of sp³-hybridized carbons (Fsp3) is 1.00. The van der Waals surface area contributed by atoms with E-state index < -0.39 is 0 Å². The van der Waals surface area contributed by atoms with E-state index >= 15 is 0 Å². The van der Waals surface area contributed by atoms with Crippen LogP contribution in [0.1, 0.15) is 12.8 Å². The summed E-state index contributed by atoms with van der Waals surface area (Å²) in [6, 6.07) is 0. The monoisotopic (exact) mass is 143 g/mol. The molecule has 1 saturated heterocycles. The van der Waals surface area contributed by atoms with Gasteiger partial charge in [0.25, 0.3) is 0 Å². The van der Waals surface area contributed by atoms with Crippen LogP contribution in [0.25, 0.3) is 0 Å². The quantitative estimate of drug-likeness (QED) is 0.508. The van der Waals surface area contributed by atoms with Gasteiger partial charge in [0.2, 0.25) is 0 Å². The fourth-order valence-corrected chi connectivity index (χ4v) is 1.28. The molecule has 1 atom stereocenters. The minimum absolute atomic E-state index is 0.869. The van der Waals surface area contributed by atoms with Crippen LogP contribution in [0, 0.1) is 5.92 Å². The predicted octanol–water partition coefficient (Wildman–Crippen LogP) is -0.290. The van der Waals surface area contributed by atoms with Crippen molar-refractivity contribution in [2.24, 2.45) is 5.92 Å². The molecule has 1 aliphatic heterocycles. The van der Waals surface area contributed by atoms with Crippen LogP contribution in [-0.2, 0) is 0 Å². The van der Waals surface area contributed by atoms with Gasteiger partial charge in [-0.25, -0.2) is 0 Å². The minimum Gasteiger partial charge on any atom is -0.320 e. The highest BCUT2D eigenvalue weighted by atomic mass is 15.4. The van der Waals surface area contributed by atoms with Crippen LogP contribution in [0.2, 0.25) is 0 Å². The number of rotatable bonds is 3. The van der Waals surface area contributed by atoms with Gasteiger partial charge < -0.3 is 5.32 Å². The molecule has 0 aromatic heterocycles. The Labute approximate surface area is 62.5 Å². The van der Waals surface area contributed by atoms with Gasteiger partial charge in [0, 0.05) is 13.1 Å². The largest absolute Gasteiger partial charge is 0.320 e. The first-order chi connectivity index (χ1) is 4.93. The molecule has 0 spiro atoms. The van der Waals surface area contributed by atoms with E-state index in [9.17, 15) is 0 Å². The third kappa shape index (κ3) is 2.64. The van der Waals surface area contributed by atoms with Gasteiger partial charge in [0.05, 0.1) is 0 Å². The summed E-state index contributed by atoms with van der Waals surface area (Å²) < 4.78 is 0. The lowest BCUT2D eigenvalue weighted by atomic mass is 10.0.